The predicted octanol–water partition coefficient (Wildman–Crippen LogP) is 7.88. The predicted molar refractivity (Wildman–Crippen MR) is 175 cm³/mol. The molecule has 3 atom stereocenters. The van der Waals surface area contributed by atoms with Gasteiger partial charge in [-0.25, -0.2) is 23.5 Å². The van der Waals surface area contributed by atoms with Crippen LogP contribution in [0.4, 0.5) is 36.7 Å². The second kappa shape index (κ2) is 13.0. The third kappa shape index (κ3) is 6.72. The minimum Gasteiger partial charge on any atom is -0.465 e. The molecule has 0 bridgehead atoms. The SMILES string of the molecule is Cc1cc(C)c(C(c2cc(Cl)ccc2F)N(C(=O)O)c2ccnc(Nc3ccc(N4C[C@@H](C)N(C)[C@@H](C)C4)c(F)c3)n2)c(C)c1. The van der Waals surface area contributed by atoms with Crippen LogP contribution in [-0.2, 0) is 0 Å². The van der Waals surface area contributed by atoms with E-state index in [4.69, 9.17) is 11.6 Å². The number of rotatable bonds is 7. The Kier molecular flexibility index (Phi) is 9.27. The standard InChI is InChI=1S/C34H37ClF2N6O2/c1-19-13-20(2)31(21(3)14-19)32(26-15-24(35)7-9-27(26)36)43(34(44)45)30-11-12-38-33(40-30)39-25-8-10-29(28(37)16-25)42-17-22(4)41(6)23(5)18-42/h7-16,22-23,32H,17-18H2,1-6H3,(H,44,45)(H,38,39,40)/t22-,23+,32?. The lowest BCUT2D eigenvalue weighted by molar-refractivity contribution is 0.169. The van der Waals surface area contributed by atoms with Crippen molar-refractivity contribution in [3.8, 4) is 0 Å². The van der Waals surface area contributed by atoms with Crippen LogP contribution in [0, 0.1) is 32.4 Å². The Bertz CT molecular complexity index is 1700. The molecule has 1 amide bonds. The summed E-state index contributed by atoms with van der Waals surface area (Å²) >= 11 is 6.29. The van der Waals surface area contributed by atoms with E-state index in [1.165, 1.54) is 36.5 Å². The van der Waals surface area contributed by atoms with Gasteiger partial charge in [0.05, 0.1) is 11.7 Å². The molecule has 0 aliphatic carbocycles. The molecule has 5 rings (SSSR count). The highest BCUT2D eigenvalue weighted by Gasteiger charge is 2.34. The highest BCUT2D eigenvalue weighted by molar-refractivity contribution is 6.30. The molecular weight excluding hydrogens is 598 g/mol. The number of carbonyl (C=O) groups is 1. The van der Waals surface area contributed by atoms with Crippen LogP contribution in [0.15, 0.2) is 60.8 Å². The van der Waals surface area contributed by atoms with E-state index in [0.29, 0.717) is 30.0 Å². The Balaban J connectivity index is 1.51. The number of carboxylic acid groups (broad SMARTS) is 1. The summed E-state index contributed by atoms with van der Waals surface area (Å²) in [7, 11) is 2.08. The Labute approximate surface area is 267 Å². The molecule has 0 radical (unpaired) electrons. The van der Waals surface area contributed by atoms with Crippen LogP contribution in [0.1, 0.15) is 47.7 Å². The maximum absolute atomic E-state index is 15.5. The number of benzene rings is 3. The summed E-state index contributed by atoms with van der Waals surface area (Å²) < 4.78 is 30.8. The molecule has 1 aromatic heterocycles. The minimum atomic E-state index is -1.35. The molecule has 0 spiro atoms. The fourth-order valence-corrected chi connectivity index (χ4v) is 6.41. The smallest absolute Gasteiger partial charge is 0.413 e. The highest BCUT2D eigenvalue weighted by atomic mass is 35.5. The molecule has 1 fully saturated rings. The van der Waals surface area contributed by atoms with Gasteiger partial charge in [-0.3, -0.25) is 4.90 Å². The Morgan fingerprint density at radius 2 is 1.67 bits per heavy atom. The average Bonchev–Trinajstić information content (AvgIpc) is 2.96. The second-order valence-electron chi connectivity index (χ2n) is 11.8. The van der Waals surface area contributed by atoms with Crippen molar-refractivity contribution >= 4 is 40.8 Å². The summed E-state index contributed by atoms with van der Waals surface area (Å²) in [6, 6.07) is 13.6. The van der Waals surface area contributed by atoms with Gasteiger partial charge in [0.1, 0.15) is 17.5 Å². The number of halogens is 3. The Morgan fingerprint density at radius 1 is 1.00 bits per heavy atom. The number of amides is 1. The number of hydrogen-bond donors (Lipinski definition) is 2. The van der Waals surface area contributed by atoms with E-state index >= 15 is 8.78 Å². The largest absolute Gasteiger partial charge is 0.465 e. The van der Waals surface area contributed by atoms with E-state index in [2.05, 4.69) is 41.1 Å². The lowest BCUT2D eigenvalue weighted by Gasteiger charge is -2.43. The van der Waals surface area contributed by atoms with E-state index in [1.807, 2.05) is 37.8 Å². The normalized spacial score (nSPS) is 17.7. The van der Waals surface area contributed by atoms with Crippen LogP contribution >= 0.6 is 11.6 Å². The molecule has 1 aliphatic rings. The summed E-state index contributed by atoms with van der Waals surface area (Å²) in [6.45, 7) is 11.3. The van der Waals surface area contributed by atoms with Crippen LogP contribution in [0.3, 0.4) is 0 Å². The van der Waals surface area contributed by atoms with Gasteiger partial charge in [-0.15, -0.1) is 0 Å². The van der Waals surface area contributed by atoms with Gasteiger partial charge in [0, 0.05) is 47.6 Å². The number of nitrogens with one attached hydrogen (secondary N) is 1. The fourth-order valence-electron chi connectivity index (χ4n) is 6.23. The number of nitrogens with zero attached hydrogens (tertiary/aromatic N) is 5. The second-order valence-corrected chi connectivity index (χ2v) is 12.3. The third-order valence-electron chi connectivity index (χ3n) is 8.52. The molecule has 45 heavy (non-hydrogen) atoms. The third-order valence-corrected chi connectivity index (χ3v) is 8.76. The van der Waals surface area contributed by atoms with Crippen molar-refractivity contribution in [2.45, 2.75) is 52.7 Å². The van der Waals surface area contributed by atoms with Crippen LogP contribution < -0.4 is 15.1 Å². The summed E-state index contributed by atoms with van der Waals surface area (Å²) in [5.41, 5.74) is 4.16. The zero-order valence-corrected chi connectivity index (χ0v) is 26.9. The van der Waals surface area contributed by atoms with Gasteiger partial charge in [0.25, 0.3) is 0 Å². The summed E-state index contributed by atoms with van der Waals surface area (Å²) in [6.07, 6.45) is 0.0490. The zero-order chi connectivity index (χ0) is 32.6. The molecule has 0 saturated carbocycles. The first-order valence-electron chi connectivity index (χ1n) is 14.8. The van der Waals surface area contributed by atoms with Crippen LogP contribution in [0.5, 0.6) is 0 Å². The summed E-state index contributed by atoms with van der Waals surface area (Å²) in [4.78, 5) is 27.0. The van der Waals surface area contributed by atoms with E-state index in [0.717, 1.165) is 21.6 Å². The van der Waals surface area contributed by atoms with Gasteiger partial charge < -0.3 is 15.3 Å². The molecule has 236 valence electrons. The van der Waals surface area contributed by atoms with Crippen molar-refractivity contribution in [1.29, 1.82) is 0 Å². The van der Waals surface area contributed by atoms with Crippen molar-refractivity contribution in [3.63, 3.8) is 0 Å². The number of aryl methyl sites for hydroxylation is 3. The molecule has 8 nitrogen and oxygen atoms in total. The van der Waals surface area contributed by atoms with Gasteiger partial charge in [0.2, 0.25) is 5.95 Å². The first-order chi connectivity index (χ1) is 21.3. The van der Waals surface area contributed by atoms with E-state index < -0.39 is 23.8 Å². The molecule has 11 heteroatoms. The van der Waals surface area contributed by atoms with Gasteiger partial charge in [-0.05, 0) is 101 Å². The van der Waals surface area contributed by atoms with Crippen molar-refractivity contribution in [1.82, 2.24) is 14.9 Å². The number of aromatic nitrogens is 2. The lowest BCUT2D eigenvalue weighted by atomic mass is 9.88. The van der Waals surface area contributed by atoms with Crippen molar-refractivity contribution in [3.05, 3.63) is 105 Å². The van der Waals surface area contributed by atoms with Crippen LogP contribution in [-0.4, -0.2) is 58.3 Å². The number of likely N-dealkylation sites (N-methyl/N-ethyl adjacent to an activating group) is 1. The molecule has 1 aliphatic heterocycles. The first kappa shape index (κ1) is 32.1. The summed E-state index contributed by atoms with van der Waals surface area (Å²) in [5.74, 6) is -0.951. The highest BCUT2D eigenvalue weighted by Crippen LogP contribution is 2.39. The molecule has 2 N–H and O–H groups in total. The molecule has 3 aromatic carbocycles. The van der Waals surface area contributed by atoms with Gasteiger partial charge in [-0.1, -0.05) is 29.3 Å². The Morgan fingerprint density at radius 3 is 2.29 bits per heavy atom. The lowest BCUT2D eigenvalue weighted by Crippen LogP contribution is -2.55. The number of piperazine rings is 1. The average molecular weight is 635 g/mol. The molecule has 1 saturated heterocycles. The monoisotopic (exact) mass is 634 g/mol. The molecule has 1 unspecified atom stereocenters. The van der Waals surface area contributed by atoms with Crippen molar-refractivity contribution in [2.24, 2.45) is 0 Å². The van der Waals surface area contributed by atoms with E-state index in [-0.39, 0.29) is 34.4 Å². The number of hydrogen-bond acceptors (Lipinski definition) is 6. The van der Waals surface area contributed by atoms with Gasteiger partial charge in [0.15, 0.2) is 0 Å². The van der Waals surface area contributed by atoms with E-state index in [9.17, 15) is 9.90 Å². The zero-order valence-electron chi connectivity index (χ0n) is 26.1. The summed E-state index contributed by atoms with van der Waals surface area (Å²) in [5, 5.41) is 13.8. The Hall–Kier alpha value is -4.28. The van der Waals surface area contributed by atoms with Crippen LogP contribution in [0.2, 0.25) is 5.02 Å². The topological polar surface area (TPSA) is 84.8 Å². The quantitative estimate of drug-likeness (QED) is 0.214. The van der Waals surface area contributed by atoms with Crippen LogP contribution in [0.25, 0.3) is 0 Å². The molecule has 2 heterocycles. The van der Waals surface area contributed by atoms with Crippen molar-refractivity contribution < 1.29 is 18.7 Å². The van der Waals surface area contributed by atoms with Crippen molar-refractivity contribution in [2.75, 3.05) is 35.3 Å². The maximum Gasteiger partial charge on any atom is 0.413 e. The molecular formula is C34H37ClF2N6O2. The first-order valence-corrected chi connectivity index (χ1v) is 15.1. The van der Waals surface area contributed by atoms with Gasteiger partial charge >= 0.3 is 6.09 Å². The van der Waals surface area contributed by atoms with Gasteiger partial charge in [-0.2, -0.15) is 4.98 Å². The minimum absolute atomic E-state index is 0.00116. The fraction of sp³-hybridized carbons (Fsp3) is 0.324. The van der Waals surface area contributed by atoms with E-state index in [1.54, 1.807) is 12.1 Å². The number of anilines is 4. The maximum atomic E-state index is 15.5. The molecule has 4 aromatic rings.